The van der Waals surface area contributed by atoms with E-state index in [2.05, 4.69) is 35.6 Å². The summed E-state index contributed by atoms with van der Waals surface area (Å²) in [6.07, 6.45) is 5.14. The molecule has 1 heterocycles. The molecule has 0 aliphatic carbocycles. The Kier molecular flexibility index (Phi) is 7.61. The number of hydrogen-bond donors (Lipinski definition) is 3. The molecule has 156 valence electrons. The van der Waals surface area contributed by atoms with E-state index in [1.54, 1.807) is 5.48 Å². The Bertz CT molecular complexity index is 830. The summed E-state index contributed by atoms with van der Waals surface area (Å²) in [5, 5.41) is 13.9. The zero-order chi connectivity index (χ0) is 20.5. The summed E-state index contributed by atoms with van der Waals surface area (Å²) in [7, 11) is 0. The highest BCUT2D eigenvalue weighted by Gasteiger charge is 2.41. The lowest BCUT2D eigenvalue weighted by molar-refractivity contribution is -0.130. The summed E-state index contributed by atoms with van der Waals surface area (Å²) < 4.78 is 5.55. The molecule has 0 aromatic heterocycles. The van der Waals surface area contributed by atoms with E-state index < -0.39 is 5.41 Å². The Balaban J connectivity index is 1.59. The fraction of sp³-hybridized carbons (Fsp3) is 0.478. The Hall–Kier alpha value is -2.44. The standard InChI is InChI=1S/C23H30N2O4/c26-21(25-28)9-3-1-2-6-14-24-22(27)23(12-15-29-16-13-23)20-11-10-18-7-4-5-8-19(18)17-20/h4-5,7-8,10-11,17,28H,1-3,6,9,12-16H2,(H,24,27)(H,25,26). The van der Waals surface area contributed by atoms with Crippen molar-refractivity contribution in [3.05, 3.63) is 48.0 Å². The number of hydroxylamine groups is 1. The van der Waals surface area contributed by atoms with Gasteiger partial charge in [0.15, 0.2) is 0 Å². The van der Waals surface area contributed by atoms with Crippen LogP contribution in [0.25, 0.3) is 10.8 Å². The monoisotopic (exact) mass is 398 g/mol. The molecule has 1 saturated heterocycles. The molecule has 3 rings (SSSR count). The van der Waals surface area contributed by atoms with Gasteiger partial charge in [-0.15, -0.1) is 0 Å². The third-order valence-corrected chi connectivity index (χ3v) is 5.82. The van der Waals surface area contributed by atoms with Gasteiger partial charge in [0.1, 0.15) is 0 Å². The van der Waals surface area contributed by atoms with Crippen LogP contribution in [-0.2, 0) is 19.7 Å². The van der Waals surface area contributed by atoms with Gasteiger partial charge < -0.3 is 10.1 Å². The Morgan fingerprint density at radius 3 is 2.45 bits per heavy atom. The van der Waals surface area contributed by atoms with Gasteiger partial charge in [-0.2, -0.15) is 0 Å². The van der Waals surface area contributed by atoms with E-state index in [9.17, 15) is 9.59 Å². The summed E-state index contributed by atoms with van der Waals surface area (Å²) in [5.41, 5.74) is 2.16. The summed E-state index contributed by atoms with van der Waals surface area (Å²) in [6.45, 7) is 1.81. The second-order valence-corrected chi connectivity index (χ2v) is 7.71. The largest absolute Gasteiger partial charge is 0.381 e. The lowest BCUT2D eigenvalue weighted by atomic mass is 9.73. The van der Waals surface area contributed by atoms with Gasteiger partial charge in [0, 0.05) is 26.2 Å². The van der Waals surface area contributed by atoms with E-state index in [0.29, 0.717) is 39.0 Å². The summed E-state index contributed by atoms with van der Waals surface area (Å²) >= 11 is 0. The molecular weight excluding hydrogens is 368 g/mol. The van der Waals surface area contributed by atoms with Crippen LogP contribution in [0.15, 0.2) is 42.5 Å². The van der Waals surface area contributed by atoms with E-state index in [1.165, 1.54) is 5.39 Å². The minimum absolute atomic E-state index is 0.0794. The molecule has 1 fully saturated rings. The number of nitrogens with one attached hydrogen (secondary N) is 2. The highest BCUT2D eigenvalue weighted by Crippen LogP contribution is 2.36. The van der Waals surface area contributed by atoms with Crippen molar-refractivity contribution >= 4 is 22.6 Å². The van der Waals surface area contributed by atoms with Gasteiger partial charge in [0.05, 0.1) is 5.41 Å². The predicted octanol–water partition coefficient (Wildman–Crippen LogP) is 3.46. The first kappa shape index (κ1) is 21.3. The van der Waals surface area contributed by atoms with E-state index in [4.69, 9.17) is 9.94 Å². The maximum atomic E-state index is 13.2. The van der Waals surface area contributed by atoms with Gasteiger partial charge in [-0.25, -0.2) is 5.48 Å². The smallest absolute Gasteiger partial charge is 0.243 e. The number of amides is 2. The number of fused-ring (bicyclic) bond motifs is 1. The highest BCUT2D eigenvalue weighted by molar-refractivity contribution is 5.91. The number of rotatable bonds is 9. The molecule has 0 radical (unpaired) electrons. The topological polar surface area (TPSA) is 87.7 Å². The molecule has 6 nitrogen and oxygen atoms in total. The number of hydrogen-bond acceptors (Lipinski definition) is 4. The maximum absolute atomic E-state index is 13.2. The highest BCUT2D eigenvalue weighted by atomic mass is 16.5. The molecule has 1 aliphatic heterocycles. The van der Waals surface area contributed by atoms with Crippen molar-refractivity contribution in [3.8, 4) is 0 Å². The van der Waals surface area contributed by atoms with Crippen LogP contribution < -0.4 is 10.8 Å². The summed E-state index contributed by atoms with van der Waals surface area (Å²) in [6, 6.07) is 14.5. The van der Waals surface area contributed by atoms with Crippen molar-refractivity contribution in [3.63, 3.8) is 0 Å². The van der Waals surface area contributed by atoms with Gasteiger partial charge in [-0.05, 0) is 42.0 Å². The van der Waals surface area contributed by atoms with Gasteiger partial charge in [-0.1, -0.05) is 55.3 Å². The molecule has 2 aromatic rings. The van der Waals surface area contributed by atoms with E-state index >= 15 is 0 Å². The van der Waals surface area contributed by atoms with Crippen molar-refractivity contribution in [1.29, 1.82) is 0 Å². The SMILES string of the molecule is O=C(CCCCCCNC(=O)C1(c2ccc3ccccc3c2)CCOCC1)NO. The molecule has 2 aromatic carbocycles. The molecule has 29 heavy (non-hydrogen) atoms. The first-order valence-electron chi connectivity index (χ1n) is 10.4. The maximum Gasteiger partial charge on any atom is 0.243 e. The second kappa shape index (κ2) is 10.4. The van der Waals surface area contributed by atoms with Gasteiger partial charge >= 0.3 is 0 Å². The molecule has 0 unspecified atom stereocenters. The molecule has 0 bridgehead atoms. The van der Waals surface area contributed by atoms with Crippen molar-refractivity contribution in [2.24, 2.45) is 0 Å². The van der Waals surface area contributed by atoms with Crippen LogP contribution in [0.5, 0.6) is 0 Å². The zero-order valence-corrected chi connectivity index (χ0v) is 16.8. The van der Waals surface area contributed by atoms with Crippen molar-refractivity contribution in [2.45, 2.75) is 50.4 Å². The van der Waals surface area contributed by atoms with Crippen molar-refractivity contribution in [1.82, 2.24) is 10.8 Å². The third kappa shape index (κ3) is 5.34. The van der Waals surface area contributed by atoms with Crippen LogP contribution in [0.3, 0.4) is 0 Å². The Labute approximate surface area is 171 Å². The van der Waals surface area contributed by atoms with E-state index in [1.807, 2.05) is 12.1 Å². The number of carbonyl (C=O) groups excluding carboxylic acids is 2. The molecule has 0 saturated carbocycles. The van der Waals surface area contributed by atoms with Gasteiger partial charge in [-0.3, -0.25) is 14.8 Å². The number of carbonyl (C=O) groups is 2. The van der Waals surface area contributed by atoms with Crippen LogP contribution in [0, 0.1) is 0 Å². The van der Waals surface area contributed by atoms with Crippen molar-refractivity contribution < 1.29 is 19.5 Å². The molecule has 6 heteroatoms. The predicted molar refractivity (Wildman–Crippen MR) is 112 cm³/mol. The lowest BCUT2D eigenvalue weighted by Crippen LogP contribution is -2.48. The Morgan fingerprint density at radius 2 is 1.69 bits per heavy atom. The zero-order valence-electron chi connectivity index (χ0n) is 16.8. The number of unbranched alkanes of at least 4 members (excludes halogenated alkanes) is 3. The normalized spacial score (nSPS) is 15.8. The van der Waals surface area contributed by atoms with Crippen molar-refractivity contribution in [2.75, 3.05) is 19.8 Å². The molecule has 2 amide bonds. The van der Waals surface area contributed by atoms with Crippen LogP contribution >= 0.6 is 0 Å². The molecule has 0 spiro atoms. The van der Waals surface area contributed by atoms with Crippen LogP contribution in [0.4, 0.5) is 0 Å². The molecular formula is C23H30N2O4. The average Bonchev–Trinajstić information content (AvgIpc) is 2.78. The fourth-order valence-corrected chi connectivity index (χ4v) is 4.04. The third-order valence-electron chi connectivity index (χ3n) is 5.82. The van der Waals surface area contributed by atoms with Gasteiger partial charge in [0.25, 0.3) is 0 Å². The summed E-state index contributed by atoms with van der Waals surface area (Å²) in [4.78, 5) is 24.2. The minimum atomic E-state index is -0.540. The minimum Gasteiger partial charge on any atom is -0.381 e. The van der Waals surface area contributed by atoms with Gasteiger partial charge in [0.2, 0.25) is 11.8 Å². The fourth-order valence-electron chi connectivity index (χ4n) is 4.04. The molecule has 3 N–H and O–H groups in total. The summed E-state index contributed by atoms with van der Waals surface area (Å²) in [5.74, 6) is -0.272. The average molecular weight is 399 g/mol. The molecule has 1 aliphatic rings. The van der Waals surface area contributed by atoms with E-state index in [-0.39, 0.29) is 11.8 Å². The quantitative estimate of drug-likeness (QED) is 0.343. The first-order valence-corrected chi connectivity index (χ1v) is 10.4. The number of benzene rings is 2. The van der Waals surface area contributed by atoms with Crippen LogP contribution in [-0.4, -0.2) is 36.8 Å². The van der Waals surface area contributed by atoms with Crippen LogP contribution in [0.1, 0.15) is 50.5 Å². The molecule has 0 atom stereocenters. The van der Waals surface area contributed by atoms with Crippen LogP contribution in [0.2, 0.25) is 0 Å². The second-order valence-electron chi connectivity index (χ2n) is 7.71. The van der Waals surface area contributed by atoms with E-state index in [0.717, 1.165) is 36.6 Å². The number of ether oxygens (including phenoxy) is 1. The Morgan fingerprint density at radius 1 is 0.966 bits per heavy atom. The lowest BCUT2D eigenvalue weighted by Gasteiger charge is -2.36. The first-order chi connectivity index (χ1) is 14.2.